The molecular weight excluding hydrogens is 298 g/mol. The number of allylic oxidation sites excluding steroid dienone is 2. The van der Waals surface area contributed by atoms with Crippen molar-refractivity contribution in [3.63, 3.8) is 0 Å². The van der Waals surface area contributed by atoms with Crippen LogP contribution in [0, 0.1) is 23.7 Å². The van der Waals surface area contributed by atoms with Crippen molar-refractivity contribution in [3.8, 4) is 5.75 Å². The molecule has 4 atom stereocenters. The maximum absolute atomic E-state index is 12.6. The van der Waals surface area contributed by atoms with Crippen molar-refractivity contribution in [2.45, 2.75) is 6.42 Å². The van der Waals surface area contributed by atoms with Gasteiger partial charge in [0.15, 0.2) is 6.61 Å². The number of anilines is 1. The van der Waals surface area contributed by atoms with E-state index in [9.17, 15) is 14.4 Å². The van der Waals surface area contributed by atoms with Crippen LogP contribution in [-0.2, 0) is 14.4 Å². The van der Waals surface area contributed by atoms with Crippen LogP contribution in [0.3, 0.4) is 0 Å². The van der Waals surface area contributed by atoms with Crippen LogP contribution in [0.2, 0.25) is 0 Å². The van der Waals surface area contributed by atoms with E-state index in [-0.39, 0.29) is 35.5 Å². The van der Waals surface area contributed by atoms with E-state index in [1.807, 2.05) is 0 Å². The standard InChI is InChI=1S/C17H15NO5/c19-13(20)8-23-12-5-3-11(4-6-12)18-16(21)14-9-1-2-10(7-9)15(14)17(18)22/h1-6,9-10,14-15H,7-8H2,(H,19,20)/t9-,10+,14-,15-/m0/s1. The van der Waals surface area contributed by atoms with E-state index >= 15 is 0 Å². The monoisotopic (exact) mass is 313 g/mol. The summed E-state index contributed by atoms with van der Waals surface area (Å²) in [5.74, 6) is -1.01. The first-order valence-electron chi connectivity index (χ1n) is 7.57. The quantitative estimate of drug-likeness (QED) is 0.672. The van der Waals surface area contributed by atoms with Gasteiger partial charge in [0.05, 0.1) is 17.5 Å². The number of carboxylic acid groups (broad SMARTS) is 1. The summed E-state index contributed by atoms with van der Waals surface area (Å²) in [7, 11) is 0. The molecule has 1 saturated carbocycles. The first-order valence-corrected chi connectivity index (χ1v) is 7.57. The Bertz CT molecular complexity index is 693. The van der Waals surface area contributed by atoms with Crippen LogP contribution in [0.4, 0.5) is 5.69 Å². The lowest BCUT2D eigenvalue weighted by molar-refractivity contribution is -0.139. The fourth-order valence-corrected chi connectivity index (χ4v) is 3.99. The molecule has 0 spiro atoms. The molecule has 2 amide bonds. The minimum atomic E-state index is -1.06. The van der Waals surface area contributed by atoms with Crippen LogP contribution >= 0.6 is 0 Å². The van der Waals surface area contributed by atoms with Crippen LogP contribution in [0.25, 0.3) is 0 Å². The third-order valence-corrected chi connectivity index (χ3v) is 4.93. The predicted octanol–water partition coefficient (Wildman–Crippen LogP) is 1.46. The summed E-state index contributed by atoms with van der Waals surface area (Å²) in [6, 6.07) is 6.37. The molecular formula is C17H15NO5. The van der Waals surface area contributed by atoms with Gasteiger partial charge in [-0.3, -0.25) is 14.5 Å². The molecule has 3 aliphatic rings. The summed E-state index contributed by atoms with van der Waals surface area (Å²) < 4.78 is 5.06. The van der Waals surface area contributed by atoms with Gasteiger partial charge in [0.25, 0.3) is 0 Å². The number of carboxylic acids is 1. The highest BCUT2D eigenvalue weighted by Crippen LogP contribution is 2.53. The Kier molecular flexibility index (Phi) is 3.01. The number of rotatable bonds is 4. The number of hydrogen-bond donors (Lipinski definition) is 1. The first kappa shape index (κ1) is 14.0. The molecule has 0 aromatic heterocycles. The van der Waals surface area contributed by atoms with E-state index in [0.717, 1.165) is 6.42 Å². The molecule has 1 aromatic rings. The number of hydrogen-bond acceptors (Lipinski definition) is 4. The number of imide groups is 1. The highest BCUT2D eigenvalue weighted by molar-refractivity contribution is 6.22. The van der Waals surface area contributed by atoms with Gasteiger partial charge >= 0.3 is 5.97 Å². The maximum Gasteiger partial charge on any atom is 0.341 e. The average molecular weight is 313 g/mol. The molecule has 1 saturated heterocycles. The Morgan fingerprint density at radius 3 is 2.17 bits per heavy atom. The molecule has 4 rings (SSSR count). The smallest absolute Gasteiger partial charge is 0.341 e. The fraction of sp³-hybridized carbons (Fsp3) is 0.353. The van der Waals surface area contributed by atoms with Crippen molar-refractivity contribution >= 4 is 23.5 Å². The van der Waals surface area contributed by atoms with Gasteiger partial charge in [-0.25, -0.2) is 4.79 Å². The normalized spacial score (nSPS) is 30.9. The number of benzene rings is 1. The molecule has 0 radical (unpaired) electrons. The summed E-state index contributed by atoms with van der Waals surface area (Å²) >= 11 is 0. The topological polar surface area (TPSA) is 83.9 Å². The van der Waals surface area contributed by atoms with Crippen LogP contribution in [0.1, 0.15) is 6.42 Å². The lowest BCUT2D eigenvalue weighted by Gasteiger charge is -2.17. The Balaban J connectivity index is 1.56. The summed E-state index contributed by atoms with van der Waals surface area (Å²) in [6.45, 7) is -0.430. The molecule has 1 heterocycles. The summed E-state index contributed by atoms with van der Waals surface area (Å²) in [6.07, 6.45) is 5.02. The second-order valence-corrected chi connectivity index (χ2v) is 6.19. The van der Waals surface area contributed by atoms with Gasteiger partial charge in [0, 0.05) is 0 Å². The Morgan fingerprint density at radius 1 is 1.09 bits per heavy atom. The number of ether oxygens (including phenoxy) is 1. The number of carbonyl (C=O) groups excluding carboxylic acids is 2. The zero-order valence-electron chi connectivity index (χ0n) is 12.2. The molecule has 118 valence electrons. The number of carbonyl (C=O) groups is 3. The van der Waals surface area contributed by atoms with E-state index in [4.69, 9.17) is 9.84 Å². The van der Waals surface area contributed by atoms with E-state index in [2.05, 4.69) is 12.2 Å². The lowest BCUT2D eigenvalue weighted by atomic mass is 9.85. The van der Waals surface area contributed by atoms with Gasteiger partial charge < -0.3 is 9.84 Å². The van der Waals surface area contributed by atoms with Gasteiger partial charge in [0.2, 0.25) is 11.8 Å². The van der Waals surface area contributed by atoms with Crippen LogP contribution in [0.5, 0.6) is 5.75 Å². The van der Waals surface area contributed by atoms with E-state index in [0.29, 0.717) is 11.4 Å². The van der Waals surface area contributed by atoms with Gasteiger partial charge in [-0.15, -0.1) is 0 Å². The Hall–Kier alpha value is -2.63. The van der Waals surface area contributed by atoms with Crippen molar-refractivity contribution in [3.05, 3.63) is 36.4 Å². The molecule has 0 unspecified atom stereocenters. The van der Waals surface area contributed by atoms with Crippen molar-refractivity contribution in [1.29, 1.82) is 0 Å². The molecule has 1 N–H and O–H groups in total. The second-order valence-electron chi connectivity index (χ2n) is 6.19. The summed E-state index contributed by atoms with van der Waals surface area (Å²) in [4.78, 5) is 37.1. The minimum Gasteiger partial charge on any atom is -0.482 e. The molecule has 6 nitrogen and oxygen atoms in total. The molecule has 2 bridgehead atoms. The van der Waals surface area contributed by atoms with E-state index in [1.54, 1.807) is 24.3 Å². The van der Waals surface area contributed by atoms with Gasteiger partial charge in [0.1, 0.15) is 5.75 Å². The molecule has 1 aliphatic heterocycles. The zero-order chi connectivity index (χ0) is 16.1. The van der Waals surface area contributed by atoms with Crippen molar-refractivity contribution < 1.29 is 24.2 Å². The Labute approximate surface area is 132 Å². The summed E-state index contributed by atoms with van der Waals surface area (Å²) in [5, 5.41) is 8.59. The zero-order valence-corrected chi connectivity index (χ0v) is 12.2. The van der Waals surface area contributed by atoms with Crippen LogP contribution in [-0.4, -0.2) is 29.5 Å². The highest BCUT2D eigenvalue weighted by atomic mass is 16.5. The van der Waals surface area contributed by atoms with Gasteiger partial charge in [-0.05, 0) is 42.5 Å². The summed E-state index contributed by atoms with van der Waals surface area (Å²) in [5.41, 5.74) is 0.511. The number of amides is 2. The van der Waals surface area contributed by atoms with Gasteiger partial charge in [-0.2, -0.15) is 0 Å². The largest absolute Gasteiger partial charge is 0.482 e. The first-order chi connectivity index (χ1) is 11.1. The molecule has 2 aliphatic carbocycles. The molecule has 1 aromatic carbocycles. The van der Waals surface area contributed by atoms with Crippen molar-refractivity contribution in [2.24, 2.45) is 23.7 Å². The second kappa shape index (κ2) is 4.94. The van der Waals surface area contributed by atoms with Crippen LogP contribution < -0.4 is 9.64 Å². The third-order valence-electron chi connectivity index (χ3n) is 4.93. The van der Waals surface area contributed by atoms with Gasteiger partial charge in [-0.1, -0.05) is 12.2 Å². The molecule has 6 heteroatoms. The number of nitrogens with zero attached hydrogens (tertiary/aromatic N) is 1. The Morgan fingerprint density at radius 2 is 1.65 bits per heavy atom. The SMILES string of the molecule is O=C(O)COc1ccc(N2C(=O)[C@@H]3[C@@H](C2=O)[C@H]2C=C[C@@H]3C2)cc1. The van der Waals surface area contributed by atoms with Crippen molar-refractivity contribution in [1.82, 2.24) is 0 Å². The maximum atomic E-state index is 12.6. The van der Waals surface area contributed by atoms with Crippen LogP contribution in [0.15, 0.2) is 36.4 Å². The van der Waals surface area contributed by atoms with E-state index in [1.165, 1.54) is 4.90 Å². The predicted molar refractivity (Wildman–Crippen MR) is 79.8 cm³/mol. The van der Waals surface area contributed by atoms with Crippen molar-refractivity contribution in [2.75, 3.05) is 11.5 Å². The average Bonchev–Trinajstić information content (AvgIpc) is 3.20. The fourth-order valence-electron chi connectivity index (χ4n) is 3.99. The highest BCUT2D eigenvalue weighted by Gasteiger charge is 2.59. The number of fused-ring (bicyclic) bond motifs is 5. The lowest BCUT2D eigenvalue weighted by Crippen LogP contribution is -2.32. The minimum absolute atomic E-state index is 0.129. The third kappa shape index (κ3) is 2.05. The number of aliphatic carboxylic acids is 1. The molecule has 2 fully saturated rings. The molecule has 23 heavy (non-hydrogen) atoms. The van der Waals surface area contributed by atoms with E-state index < -0.39 is 12.6 Å².